The van der Waals surface area contributed by atoms with Gasteiger partial charge in [-0.15, -0.1) is 11.8 Å². The van der Waals surface area contributed by atoms with Crippen molar-refractivity contribution in [1.29, 1.82) is 0 Å². The van der Waals surface area contributed by atoms with Gasteiger partial charge in [0, 0.05) is 21.6 Å². The maximum Gasteiger partial charge on any atom is 0.119 e. The van der Waals surface area contributed by atoms with Crippen LogP contribution in [0.2, 0.25) is 0 Å². The number of carboxylic acid groups (broad SMARTS) is 1. The highest BCUT2D eigenvalue weighted by Gasteiger charge is 2.11. The molecule has 3 aromatic rings. The van der Waals surface area contributed by atoms with Gasteiger partial charge in [-0.3, -0.25) is 0 Å². The Morgan fingerprint density at radius 3 is 2.68 bits per heavy atom. The number of carbonyl (C=O) groups excluding carboxylic acids is 1. The molecule has 0 saturated carbocycles. The molecule has 0 bridgehead atoms. The van der Waals surface area contributed by atoms with E-state index in [1.165, 1.54) is 11.8 Å². The number of hydrogen-bond donors (Lipinski definition) is 1. The van der Waals surface area contributed by atoms with E-state index in [9.17, 15) is 9.90 Å². The summed E-state index contributed by atoms with van der Waals surface area (Å²) < 4.78 is 5.29. The number of fused-ring (bicyclic) bond motifs is 1. The Hall–Kier alpha value is -2.57. The zero-order chi connectivity index (χ0) is 17.8. The first-order valence-electron chi connectivity index (χ1n) is 7.72. The number of rotatable bonds is 6. The molecular formula is C19H17N2O3S-. The lowest BCUT2D eigenvalue weighted by Crippen LogP contribution is -2.43. The van der Waals surface area contributed by atoms with E-state index in [2.05, 4.69) is 0 Å². The molecule has 1 unspecified atom stereocenters. The third-order valence-electron chi connectivity index (χ3n) is 3.77. The average molecular weight is 353 g/mol. The van der Waals surface area contributed by atoms with Crippen LogP contribution in [0.1, 0.15) is 0 Å². The van der Waals surface area contributed by atoms with Crippen LogP contribution in [-0.2, 0) is 4.79 Å². The van der Waals surface area contributed by atoms with Crippen LogP contribution >= 0.6 is 11.8 Å². The summed E-state index contributed by atoms with van der Waals surface area (Å²) in [6.07, 6.45) is 0. The van der Waals surface area contributed by atoms with Crippen LogP contribution in [0.5, 0.6) is 5.75 Å². The SMILES string of the molecule is COc1ccc2nc(-c3ccccc3)cc(SCC(N)C(=O)[O-])c2c1. The van der Waals surface area contributed by atoms with E-state index in [4.69, 9.17) is 15.5 Å². The minimum atomic E-state index is -1.26. The standard InChI is InChI=1S/C19H18N2O3S/c1-24-13-7-8-16-14(9-13)18(25-11-15(20)19(22)23)10-17(21-16)12-5-3-2-4-6-12/h2-10,15H,11,20H2,1H3,(H,22,23)/p-1. The topological polar surface area (TPSA) is 88.3 Å². The quantitative estimate of drug-likeness (QED) is 0.683. The van der Waals surface area contributed by atoms with Crippen molar-refractivity contribution in [2.75, 3.05) is 12.9 Å². The van der Waals surface area contributed by atoms with Crippen LogP contribution in [0, 0.1) is 0 Å². The van der Waals surface area contributed by atoms with Crippen molar-refractivity contribution in [2.45, 2.75) is 10.9 Å². The van der Waals surface area contributed by atoms with Gasteiger partial charge >= 0.3 is 0 Å². The van der Waals surface area contributed by atoms with Crippen LogP contribution in [0.25, 0.3) is 22.2 Å². The summed E-state index contributed by atoms with van der Waals surface area (Å²) in [6.45, 7) is 0. The second kappa shape index (κ2) is 7.55. The van der Waals surface area contributed by atoms with E-state index in [0.29, 0.717) is 5.75 Å². The number of aliphatic carboxylic acids is 1. The fraction of sp³-hybridized carbons (Fsp3) is 0.158. The van der Waals surface area contributed by atoms with E-state index >= 15 is 0 Å². The van der Waals surface area contributed by atoms with Gasteiger partial charge in [0.2, 0.25) is 0 Å². The highest BCUT2D eigenvalue weighted by atomic mass is 32.2. The molecule has 1 heterocycles. The van der Waals surface area contributed by atoms with Gasteiger partial charge in [0.1, 0.15) is 5.75 Å². The van der Waals surface area contributed by atoms with Crippen molar-refractivity contribution in [3.8, 4) is 17.0 Å². The first-order valence-corrected chi connectivity index (χ1v) is 8.70. The van der Waals surface area contributed by atoms with Gasteiger partial charge < -0.3 is 20.4 Å². The van der Waals surface area contributed by atoms with Crippen molar-refractivity contribution in [3.63, 3.8) is 0 Å². The Bertz CT molecular complexity index is 900. The van der Waals surface area contributed by atoms with E-state index < -0.39 is 12.0 Å². The van der Waals surface area contributed by atoms with Gasteiger partial charge in [-0.1, -0.05) is 30.3 Å². The zero-order valence-corrected chi connectivity index (χ0v) is 14.5. The third kappa shape index (κ3) is 3.92. The fourth-order valence-corrected chi connectivity index (χ4v) is 3.43. The lowest BCUT2D eigenvalue weighted by molar-refractivity contribution is -0.306. The Labute approximate surface area is 149 Å². The van der Waals surface area contributed by atoms with Crippen LogP contribution in [-0.4, -0.2) is 29.9 Å². The molecule has 0 fully saturated rings. The molecule has 1 atom stereocenters. The minimum absolute atomic E-state index is 0.215. The maximum absolute atomic E-state index is 10.9. The third-order valence-corrected chi connectivity index (χ3v) is 4.94. The molecule has 1 aromatic heterocycles. The summed E-state index contributed by atoms with van der Waals surface area (Å²) in [5, 5.41) is 11.8. The molecule has 0 aliphatic carbocycles. The Morgan fingerprint density at radius 1 is 1.24 bits per heavy atom. The van der Waals surface area contributed by atoms with Gasteiger partial charge in [-0.05, 0) is 24.3 Å². The first-order chi connectivity index (χ1) is 12.1. The number of nitrogens with zero attached hydrogens (tertiary/aromatic N) is 1. The Kier molecular flexibility index (Phi) is 5.21. The molecule has 2 N–H and O–H groups in total. The second-order valence-electron chi connectivity index (χ2n) is 5.49. The van der Waals surface area contributed by atoms with Gasteiger partial charge in [0.15, 0.2) is 0 Å². The van der Waals surface area contributed by atoms with Crippen LogP contribution in [0.3, 0.4) is 0 Å². The number of pyridine rings is 1. The van der Waals surface area contributed by atoms with Crippen LogP contribution < -0.4 is 15.6 Å². The average Bonchev–Trinajstić information content (AvgIpc) is 2.65. The number of hydrogen-bond acceptors (Lipinski definition) is 6. The molecule has 3 rings (SSSR count). The lowest BCUT2D eigenvalue weighted by Gasteiger charge is -2.14. The zero-order valence-electron chi connectivity index (χ0n) is 13.6. The molecule has 0 spiro atoms. The molecule has 6 heteroatoms. The summed E-state index contributed by atoms with van der Waals surface area (Å²) in [6, 6.07) is 16.4. The largest absolute Gasteiger partial charge is 0.548 e. The molecule has 25 heavy (non-hydrogen) atoms. The Morgan fingerprint density at radius 2 is 2.00 bits per heavy atom. The van der Waals surface area contributed by atoms with Gasteiger partial charge in [-0.25, -0.2) is 4.98 Å². The molecule has 0 aliphatic heterocycles. The van der Waals surface area contributed by atoms with Crippen molar-refractivity contribution >= 4 is 28.6 Å². The van der Waals surface area contributed by atoms with Gasteiger partial charge in [0.25, 0.3) is 0 Å². The van der Waals surface area contributed by atoms with Crippen LogP contribution in [0.4, 0.5) is 0 Å². The summed E-state index contributed by atoms with van der Waals surface area (Å²) in [4.78, 5) is 16.5. The van der Waals surface area contributed by atoms with Gasteiger partial charge in [0.05, 0.1) is 30.3 Å². The second-order valence-corrected chi connectivity index (χ2v) is 6.55. The molecule has 0 radical (unpaired) electrons. The smallest absolute Gasteiger partial charge is 0.119 e. The monoisotopic (exact) mass is 353 g/mol. The molecular weight excluding hydrogens is 336 g/mol. The summed E-state index contributed by atoms with van der Waals surface area (Å²) in [5.74, 6) is -0.327. The number of nitrogens with two attached hydrogens (primary N) is 1. The lowest BCUT2D eigenvalue weighted by atomic mass is 10.1. The van der Waals surface area contributed by atoms with E-state index in [1.807, 2.05) is 54.6 Å². The predicted octanol–water partition coefficient (Wildman–Crippen LogP) is 2.08. The summed E-state index contributed by atoms with van der Waals surface area (Å²) in [5.41, 5.74) is 8.22. The normalized spacial score (nSPS) is 12.1. The van der Waals surface area contributed by atoms with Crippen molar-refractivity contribution < 1.29 is 14.6 Å². The molecule has 0 amide bonds. The van der Waals surface area contributed by atoms with E-state index in [-0.39, 0.29) is 5.75 Å². The maximum atomic E-state index is 10.9. The molecule has 128 valence electrons. The van der Waals surface area contributed by atoms with E-state index in [0.717, 1.165) is 27.1 Å². The first kappa shape index (κ1) is 17.3. The molecule has 0 saturated heterocycles. The highest BCUT2D eigenvalue weighted by molar-refractivity contribution is 7.99. The number of carbonyl (C=O) groups is 1. The Balaban J connectivity index is 2.07. The molecule has 5 nitrogen and oxygen atoms in total. The van der Waals surface area contributed by atoms with Crippen LogP contribution in [0.15, 0.2) is 59.5 Å². The molecule has 0 aliphatic rings. The van der Waals surface area contributed by atoms with E-state index in [1.54, 1.807) is 7.11 Å². The van der Waals surface area contributed by atoms with Crippen molar-refractivity contribution in [3.05, 3.63) is 54.6 Å². The fourth-order valence-electron chi connectivity index (χ4n) is 2.42. The number of benzene rings is 2. The predicted molar refractivity (Wildman–Crippen MR) is 97.4 cm³/mol. The van der Waals surface area contributed by atoms with Crippen molar-refractivity contribution in [2.24, 2.45) is 5.73 Å². The van der Waals surface area contributed by atoms with Gasteiger partial charge in [-0.2, -0.15) is 0 Å². The number of ether oxygens (including phenoxy) is 1. The molecule has 2 aromatic carbocycles. The summed E-state index contributed by atoms with van der Waals surface area (Å²) >= 11 is 1.37. The van der Waals surface area contributed by atoms with Crippen molar-refractivity contribution in [1.82, 2.24) is 4.98 Å². The highest BCUT2D eigenvalue weighted by Crippen LogP contribution is 2.33. The number of thioether (sulfide) groups is 1. The number of aromatic nitrogens is 1. The number of methoxy groups -OCH3 is 1. The summed E-state index contributed by atoms with van der Waals surface area (Å²) in [7, 11) is 1.60. The number of carboxylic acids is 1. The minimum Gasteiger partial charge on any atom is -0.548 e.